The number of hydrogen-bond donors (Lipinski definition) is 0. The molecule has 1 saturated heterocycles. The minimum absolute atomic E-state index is 0.875. The molecule has 1 rings (SSSR count). The molecule has 1 aliphatic rings. The van der Waals surface area contributed by atoms with Crippen LogP contribution in [-0.2, 0) is 0 Å². The van der Waals surface area contributed by atoms with Crippen molar-refractivity contribution in [1.29, 1.82) is 0 Å². The molecule has 0 saturated carbocycles. The summed E-state index contributed by atoms with van der Waals surface area (Å²) in [5, 5.41) is 0. The molecular weight excluding hydrogens is 170 g/mol. The predicted octanol–water partition coefficient (Wildman–Crippen LogP) is 3.69. The van der Waals surface area contributed by atoms with Gasteiger partial charge in [0.2, 0.25) is 0 Å². The van der Waals surface area contributed by atoms with Crippen molar-refractivity contribution in [2.75, 3.05) is 13.1 Å². The number of piperidine rings is 1. The highest BCUT2D eigenvalue weighted by molar-refractivity contribution is 4.75. The maximum absolute atomic E-state index is 2.73. The Balaban J connectivity index is 2.19. The first-order valence-electron chi connectivity index (χ1n) is 6.48. The molecule has 0 aliphatic carbocycles. The monoisotopic (exact) mass is 197 g/mol. The van der Waals surface area contributed by atoms with E-state index in [0.29, 0.717) is 0 Å². The lowest BCUT2D eigenvalue weighted by Crippen LogP contribution is -2.39. The highest BCUT2D eigenvalue weighted by Gasteiger charge is 2.19. The summed E-state index contributed by atoms with van der Waals surface area (Å²) in [6, 6.07) is 0.899. The Hall–Kier alpha value is -0.0400. The maximum Gasteiger partial charge on any atom is 0.00926 e. The minimum atomic E-state index is 0.875. The molecule has 1 fully saturated rings. The van der Waals surface area contributed by atoms with E-state index in [-0.39, 0.29) is 0 Å². The lowest BCUT2D eigenvalue weighted by Gasteiger charge is -2.35. The number of nitrogens with zero attached hydrogens (tertiary/aromatic N) is 1. The second-order valence-electron chi connectivity index (χ2n) is 5.13. The van der Waals surface area contributed by atoms with Gasteiger partial charge in [0.05, 0.1) is 0 Å². The second kappa shape index (κ2) is 6.44. The van der Waals surface area contributed by atoms with Gasteiger partial charge in [-0.3, -0.25) is 0 Å². The molecule has 0 amide bonds. The van der Waals surface area contributed by atoms with Crippen LogP contribution < -0.4 is 0 Å². The van der Waals surface area contributed by atoms with Crippen LogP contribution in [0, 0.1) is 5.92 Å². The van der Waals surface area contributed by atoms with Crippen LogP contribution in [-0.4, -0.2) is 24.0 Å². The van der Waals surface area contributed by atoms with Crippen LogP contribution in [0.5, 0.6) is 0 Å². The highest BCUT2D eigenvalue weighted by atomic mass is 15.2. The van der Waals surface area contributed by atoms with Crippen LogP contribution in [0.25, 0.3) is 0 Å². The molecule has 1 atom stereocenters. The summed E-state index contributed by atoms with van der Waals surface area (Å²) in [5.74, 6) is 0.875. The Kier molecular flexibility index (Phi) is 5.54. The van der Waals surface area contributed by atoms with Crippen LogP contribution >= 0.6 is 0 Å². The van der Waals surface area contributed by atoms with Gasteiger partial charge in [-0.1, -0.05) is 27.2 Å². The zero-order valence-corrected chi connectivity index (χ0v) is 10.3. The lowest BCUT2D eigenvalue weighted by molar-refractivity contribution is 0.140. The van der Waals surface area contributed by atoms with Crippen molar-refractivity contribution in [2.24, 2.45) is 5.92 Å². The van der Waals surface area contributed by atoms with Crippen LogP contribution in [0.3, 0.4) is 0 Å². The molecule has 0 aromatic heterocycles. The molecule has 1 heterocycles. The Labute approximate surface area is 89.9 Å². The summed E-state index contributed by atoms with van der Waals surface area (Å²) in [6.45, 7) is 9.69. The Morgan fingerprint density at radius 1 is 1.29 bits per heavy atom. The SMILES string of the molecule is CCC1CCCCN1CCCC(C)C. The molecular formula is C13H27N. The molecule has 1 aliphatic heterocycles. The van der Waals surface area contributed by atoms with E-state index in [1.807, 2.05) is 0 Å². The zero-order valence-electron chi connectivity index (χ0n) is 10.3. The molecule has 1 nitrogen and oxygen atoms in total. The van der Waals surface area contributed by atoms with Gasteiger partial charge in [0.1, 0.15) is 0 Å². The van der Waals surface area contributed by atoms with Gasteiger partial charge in [-0.25, -0.2) is 0 Å². The van der Waals surface area contributed by atoms with Crippen molar-refractivity contribution in [3.05, 3.63) is 0 Å². The van der Waals surface area contributed by atoms with Crippen LogP contribution in [0.1, 0.15) is 59.3 Å². The van der Waals surface area contributed by atoms with E-state index in [1.165, 1.54) is 51.6 Å². The highest BCUT2D eigenvalue weighted by Crippen LogP contribution is 2.20. The third-order valence-electron chi connectivity index (χ3n) is 3.45. The van der Waals surface area contributed by atoms with Gasteiger partial charge in [-0.05, 0) is 51.1 Å². The van der Waals surface area contributed by atoms with E-state index in [1.54, 1.807) is 0 Å². The largest absolute Gasteiger partial charge is 0.300 e. The normalized spacial score (nSPS) is 24.4. The Morgan fingerprint density at radius 2 is 2.07 bits per heavy atom. The smallest absolute Gasteiger partial charge is 0.00926 e. The molecule has 0 aromatic rings. The van der Waals surface area contributed by atoms with Crippen LogP contribution in [0.4, 0.5) is 0 Å². The summed E-state index contributed by atoms with van der Waals surface area (Å²) >= 11 is 0. The summed E-state index contributed by atoms with van der Waals surface area (Å²) in [4.78, 5) is 2.73. The fourth-order valence-electron chi connectivity index (χ4n) is 2.52. The van der Waals surface area contributed by atoms with Crippen LogP contribution in [0.2, 0.25) is 0 Å². The summed E-state index contributed by atoms with van der Waals surface area (Å²) < 4.78 is 0. The van der Waals surface area contributed by atoms with Crippen molar-refractivity contribution >= 4 is 0 Å². The van der Waals surface area contributed by atoms with Gasteiger partial charge < -0.3 is 4.90 Å². The Bertz CT molecular complexity index is 142. The number of hydrogen-bond acceptors (Lipinski definition) is 1. The Morgan fingerprint density at radius 3 is 2.71 bits per heavy atom. The van der Waals surface area contributed by atoms with Crippen LogP contribution in [0.15, 0.2) is 0 Å². The third kappa shape index (κ3) is 4.00. The maximum atomic E-state index is 2.73. The molecule has 1 unspecified atom stereocenters. The molecule has 0 aromatic carbocycles. The van der Waals surface area contributed by atoms with Gasteiger partial charge in [0, 0.05) is 6.04 Å². The van der Waals surface area contributed by atoms with Crippen molar-refractivity contribution < 1.29 is 0 Å². The number of rotatable bonds is 5. The minimum Gasteiger partial charge on any atom is -0.300 e. The van der Waals surface area contributed by atoms with Crippen molar-refractivity contribution in [2.45, 2.75) is 65.3 Å². The van der Waals surface area contributed by atoms with Crippen molar-refractivity contribution in [1.82, 2.24) is 4.90 Å². The second-order valence-corrected chi connectivity index (χ2v) is 5.13. The summed E-state index contributed by atoms with van der Waals surface area (Å²) in [7, 11) is 0. The predicted molar refractivity (Wildman–Crippen MR) is 63.6 cm³/mol. The zero-order chi connectivity index (χ0) is 10.4. The van der Waals surface area contributed by atoms with E-state index in [2.05, 4.69) is 25.7 Å². The van der Waals surface area contributed by atoms with Crippen molar-refractivity contribution in [3.63, 3.8) is 0 Å². The van der Waals surface area contributed by atoms with E-state index >= 15 is 0 Å². The summed E-state index contributed by atoms with van der Waals surface area (Å²) in [6.07, 6.45) is 8.47. The molecule has 0 N–H and O–H groups in total. The summed E-state index contributed by atoms with van der Waals surface area (Å²) in [5.41, 5.74) is 0. The first kappa shape index (κ1) is 12.0. The van der Waals surface area contributed by atoms with Gasteiger partial charge in [0.15, 0.2) is 0 Å². The van der Waals surface area contributed by atoms with Gasteiger partial charge in [-0.2, -0.15) is 0 Å². The first-order chi connectivity index (χ1) is 6.74. The standard InChI is InChI=1S/C13H27N/c1-4-13-9-5-6-10-14(13)11-7-8-12(2)3/h12-13H,4-11H2,1-3H3. The fraction of sp³-hybridized carbons (Fsp3) is 1.00. The van der Waals surface area contributed by atoms with Gasteiger partial charge in [0.25, 0.3) is 0 Å². The molecule has 0 radical (unpaired) electrons. The average molecular weight is 197 g/mol. The molecule has 0 spiro atoms. The average Bonchev–Trinajstić information content (AvgIpc) is 2.18. The molecule has 14 heavy (non-hydrogen) atoms. The van der Waals surface area contributed by atoms with Gasteiger partial charge in [-0.15, -0.1) is 0 Å². The van der Waals surface area contributed by atoms with Crippen molar-refractivity contribution in [3.8, 4) is 0 Å². The van der Waals surface area contributed by atoms with Gasteiger partial charge >= 0.3 is 0 Å². The van der Waals surface area contributed by atoms with E-state index in [9.17, 15) is 0 Å². The fourth-order valence-corrected chi connectivity index (χ4v) is 2.52. The lowest BCUT2D eigenvalue weighted by atomic mass is 9.99. The van der Waals surface area contributed by atoms with E-state index in [0.717, 1.165) is 12.0 Å². The van der Waals surface area contributed by atoms with E-state index < -0.39 is 0 Å². The molecule has 84 valence electrons. The third-order valence-corrected chi connectivity index (χ3v) is 3.45. The number of likely N-dealkylation sites (tertiary alicyclic amines) is 1. The quantitative estimate of drug-likeness (QED) is 0.650. The topological polar surface area (TPSA) is 3.24 Å². The molecule has 1 heteroatoms. The first-order valence-corrected chi connectivity index (χ1v) is 6.48. The van der Waals surface area contributed by atoms with E-state index in [4.69, 9.17) is 0 Å². The molecule has 0 bridgehead atoms.